The largest absolute Gasteiger partial charge is 0.360 e. The van der Waals surface area contributed by atoms with Gasteiger partial charge in [-0.2, -0.15) is 0 Å². The van der Waals surface area contributed by atoms with Crippen molar-refractivity contribution in [2.75, 3.05) is 5.32 Å². The van der Waals surface area contributed by atoms with E-state index in [0.717, 1.165) is 5.69 Å². The van der Waals surface area contributed by atoms with Crippen LogP contribution in [-0.2, 0) is 16.1 Å². The van der Waals surface area contributed by atoms with Crippen molar-refractivity contribution in [3.63, 3.8) is 0 Å². The molecule has 2 amide bonds. The number of carbonyl (C=O) groups is 2. The average molecular weight is 342 g/mol. The van der Waals surface area contributed by atoms with Gasteiger partial charge >= 0.3 is 0 Å². The van der Waals surface area contributed by atoms with Crippen LogP contribution in [0.1, 0.15) is 37.1 Å². The molecule has 2 heterocycles. The second kappa shape index (κ2) is 7.92. The van der Waals surface area contributed by atoms with E-state index in [1.165, 1.54) is 0 Å². The number of rotatable bonds is 5. The van der Waals surface area contributed by atoms with Crippen molar-refractivity contribution < 1.29 is 14.1 Å². The lowest BCUT2D eigenvalue weighted by atomic mass is 9.81. The molecule has 132 valence electrons. The van der Waals surface area contributed by atoms with Crippen molar-refractivity contribution in [2.24, 2.45) is 11.8 Å². The summed E-state index contributed by atoms with van der Waals surface area (Å²) in [4.78, 5) is 28.7. The van der Waals surface area contributed by atoms with Crippen molar-refractivity contribution in [1.29, 1.82) is 0 Å². The molecule has 2 N–H and O–H groups in total. The van der Waals surface area contributed by atoms with E-state index in [-0.39, 0.29) is 23.7 Å². The Morgan fingerprint density at radius 3 is 2.48 bits per heavy atom. The van der Waals surface area contributed by atoms with Crippen LogP contribution in [0, 0.1) is 18.8 Å². The topological polar surface area (TPSA) is 97.1 Å². The monoisotopic (exact) mass is 342 g/mol. The molecule has 0 atom stereocenters. The number of amides is 2. The quantitative estimate of drug-likeness (QED) is 0.870. The minimum Gasteiger partial charge on any atom is -0.360 e. The summed E-state index contributed by atoms with van der Waals surface area (Å²) in [6.45, 7) is 2.21. The number of nitrogens with zero attached hydrogens (tertiary/aromatic N) is 2. The zero-order chi connectivity index (χ0) is 17.6. The lowest BCUT2D eigenvalue weighted by molar-refractivity contribution is -0.128. The first-order chi connectivity index (χ1) is 12.1. The Morgan fingerprint density at radius 2 is 1.88 bits per heavy atom. The van der Waals surface area contributed by atoms with Gasteiger partial charge in [0.15, 0.2) is 5.82 Å². The third-order valence-corrected chi connectivity index (χ3v) is 4.52. The third-order valence-electron chi connectivity index (χ3n) is 4.52. The molecule has 0 aliphatic heterocycles. The van der Waals surface area contributed by atoms with Gasteiger partial charge in [-0.25, -0.2) is 0 Å². The van der Waals surface area contributed by atoms with Crippen LogP contribution in [0.3, 0.4) is 0 Å². The number of nitrogens with one attached hydrogen (secondary N) is 2. The minimum absolute atomic E-state index is 0.0386. The number of pyridine rings is 1. The number of hydrogen-bond donors (Lipinski definition) is 2. The van der Waals surface area contributed by atoms with E-state index in [9.17, 15) is 9.59 Å². The van der Waals surface area contributed by atoms with E-state index in [2.05, 4.69) is 20.8 Å². The highest BCUT2D eigenvalue weighted by molar-refractivity contribution is 5.91. The smallest absolute Gasteiger partial charge is 0.228 e. The molecule has 2 aromatic heterocycles. The molecular weight excluding hydrogens is 320 g/mol. The van der Waals surface area contributed by atoms with Crippen LogP contribution in [0.25, 0.3) is 0 Å². The summed E-state index contributed by atoms with van der Waals surface area (Å²) in [5, 5.41) is 9.47. The van der Waals surface area contributed by atoms with Gasteiger partial charge in [0, 0.05) is 24.1 Å². The summed E-state index contributed by atoms with van der Waals surface area (Å²) in [7, 11) is 0. The fraction of sp³-hybridized carbons (Fsp3) is 0.444. The van der Waals surface area contributed by atoms with E-state index >= 15 is 0 Å². The molecule has 1 fully saturated rings. The molecule has 0 unspecified atom stereocenters. The zero-order valence-corrected chi connectivity index (χ0v) is 14.2. The maximum absolute atomic E-state index is 12.3. The Labute approximate surface area is 146 Å². The highest BCUT2D eigenvalue weighted by Crippen LogP contribution is 2.29. The molecule has 1 saturated carbocycles. The van der Waals surface area contributed by atoms with Crippen molar-refractivity contribution in [1.82, 2.24) is 15.5 Å². The Kier molecular flexibility index (Phi) is 5.42. The summed E-state index contributed by atoms with van der Waals surface area (Å²) in [5.74, 6) is 0.956. The minimum atomic E-state index is -0.0863. The molecule has 7 nitrogen and oxygen atoms in total. The van der Waals surface area contributed by atoms with Crippen molar-refractivity contribution >= 4 is 17.6 Å². The van der Waals surface area contributed by atoms with Crippen LogP contribution in [0.5, 0.6) is 0 Å². The van der Waals surface area contributed by atoms with Crippen LogP contribution < -0.4 is 10.6 Å². The second-order valence-electron chi connectivity index (χ2n) is 6.40. The van der Waals surface area contributed by atoms with Crippen LogP contribution in [-0.4, -0.2) is 22.0 Å². The van der Waals surface area contributed by atoms with E-state index in [4.69, 9.17) is 4.52 Å². The average Bonchev–Trinajstić information content (AvgIpc) is 3.05. The van der Waals surface area contributed by atoms with Crippen LogP contribution >= 0.6 is 0 Å². The Hall–Kier alpha value is -2.70. The normalized spacial score (nSPS) is 20.0. The summed E-state index contributed by atoms with van der Waals surface area (Å²) in [5.41, 5.74) is 0.840. The maximum atomic E-state index is 12.3. The Morgan fingerprint density at radius 1 is 1.16 bits per heavy atom. The molecule has 0 saturated heterocycles. The van der Waals surface area contributed by atoms with Gasteiger partial charge in [-0.05, 0) is 44.7 Å². The maximum Gasteiger partial charge on any atom is 0.228 e. The zero-order valence-electron chi connectivity index (χ0n) is 14.2. The first-order valence-corrected chi connectivity index (χ1v) is 8.53. The number of aromatic nitrogens is 2. The van der Waals surface area contributed by atoms with Crippen LogP contribution in [0.2, 0.25) is 0 Å². The molecule has 2 aromatic rings. The van der Waals surface area contributed by atoms with E-state index in [1.54, 1.807) is 19.2 Å². The lowest BCUT2D eigenvalue weighted by Gasteiger charge is -2.26. The van der Waals surface area contributed by atoms with Crippen molar-refractivity contribution in [2.45, 2.75) is 39.2 Å². The van der Waals surface area contributed by atoms with E-state index in [1.807, 2.05) is 18.2 Å². The Balaban J connectivity index is 1.43. The summed E-state index contributed by atoms with van der Waals surface area (Å²) < 4.78 is 4.94. The molecule has 0 spiro atoms. The SMILES string of the molecule is Cc1cc(NC(=O)C2CCC(C(=O)NCc3ccccn3)CC2)no1. The highest BCUT2D eigenvalue weighted by Gasteiger charge is 2.30. The van der Waals surface area contributed by atoms with Gasteiger partial charge in [-0.1, -0.05) is 11.2 Å². The van der Waals surface area contributed by atoms with Crippen LogP contribution in [0.4, 0.5) is 5.82 Å². The Bertz CT molecular complexity index is 721. The number of hydrogen-bond acceptors (Lipinski definition) is 5. The fourth-order valence-corrected chi connectivity index (χ4v) is 3.10. The predicted octanol–water partition coefficient (Wildman–Crippen LogP) is 2.44. The number of aryl methyl sites for hydroxylation is 1. The summed E-state index contributed by atoms with van der Waals surface area (Å²) in [6.07, 6.45) is 4.53. The number of carbonyl (C=O) groups excluding carboxylic acids is 2. The van der Waals surface area contributed by atoms with Crippen molar-refractivity contribution in [3.05, 3.63) is 41.9 Å². The fourth-order valence-electron chi connectivity index (χ4n) is 3.10. The van der Waals surface area contributed by atoms with Gasteiger partial charge in [0.2, 0.25) is 11.8 Å². The standard InChI is InChI=1S/C18H22N4O3/c1-12-10-16(22-25-12)21-18(24)14-7-5-13(6-8-14)17(23)20-11-15-4-2-3-9-19-15/h2-4,9-10,13-14H,5-8,11H2,1H3,(H,20,23)(H,21,22,24). The van der Waals surface area contributed by atoms with Crippen molar-refractivity contribution in [3.8, 4) is 0 Å². The van der Waals surface area contributed by atoms with Gasteiger partial charge in [0.1, 0.15) is 5.76 Å². The molecule has 0 bridgehead atoms. The predicted molar refractivity (Wildman–Crippen MR) is 91.4 cm³/mol. The first-order valence-electron chi connectivity index (χ1n) is 8.53. The third kappa shape index (κ3) is 4.65. The van der Waals surface area contributed by atoms with Gasteiger partial charge in [0.05, 0.1) is 12.2 Å². The molecule has 0 aromatic carbocycles. The van der Waals surface area contributed by atoms with Gasteiger partial charge in [-0.15, -0.1) is 0 Å². The van der Waals surface area contributed by atoms with Gasteiger partial charge < -0.3 is 15.2 Å². The number of anilines is 1. The van der Waals surface area contributed by atoms with Gasteiger partial charge in [0.25, 0.3) is 0 Å². The van der Waals surface area contributed by atoms with E-state index < -0.39 is 0 Å². The highest BCUT2D eigenvalue weighted by atomic mass is 16.5. The lowest BCUT2D eigenvalue weighted by Crippen LogP contribution is -2.35. The molecule has 3 rings (SSSR count). The molecule has 1 aliphatic rings. The molecular formula is C18H22N4O3. The first kappa shape index (κ1) is 17.1. The molecule has 7 heteroatoms. The molecule has 1 aliphatic carbocycles. The molecule has 0 radical (unpaired) electrons. The second-order valence-corrected chi connectivity index (χ2v) is 6.40. The van der Waals surface area contributed by atoms with Crippen LogP contribution in [0.15, 0.2) is 35.0 Å². The van der Waals surface area contributed by atoms with Gasteiger partial charge in [-0.3, -0.25) is 14.6 Å². The summed E-state index contributed by atoms with van der Waals surface area (Å²) >= 11 is 0. The molecule has 25 heavy (non-hydrogen) atoms. The van der Waals surface area contributed by atoms with E-state index in [0.29, 0.717) is 43.8 Å². The summed E-state index contributed by atoms with van der Waals surface area (Å²) in [6, 6.07) is 7.31.